The van der Waals surface area contributed by atoms with Gasteiger partial charge in [-0.2, -0.15) is 0 Å². The van der Waals surface area contributed by atoms with Crippen LogP contribution in [0, 0.1) is 25.7 Å². The Labute approximate surface area is 431 Å². The average Bonchev–Trinajstić information content (AvgIpc) is 4.01. The minimum absolute atomic E-state index is 0.0981. The Bertz CT molecular complexity index is 2490. The zero-order valence-corrected chi connectivity index (χ0v) is 44.4. The molecule has 0 saturated heterocycles. The van der Waals surface area contributed by atoms with E-state index in [1.165, 1.54) is 68.5 Å². The van der Waals surface area contributed by atoms with E-state index in [1.54, 1.807) is 0 Å². The van der Waals surface area contributed by atoms with Crippen LogP contribution in [0.4, 0.5) is 0 Å². The summed E-state index contributed by atoms with van der Waals surface area (Å²) >= 11 is 9.53. The molecule has 4 nitrogen and oxygen atoms in total. The Morgan fingerprint density at radius 3 is 1.39 bits per heavy atom. The Hall–Kier alpha value is -4.44. The standard InChI is InChI=1S/C30H34O2.C30H32O2.C2H7P.CH2Cl2/c2*1-21-7-15-29-25(19-21)11-16-28(23-5-3-2-4-6-23)30(29)24-9-13-27(14-10-24)32-18-17-22-8-12-26(31)20-22;1-3-2;2-1-3/h2-7,9-10,13-15,19,22,26,28,30-31H,8,11-12,16-18,20H2,1H3;2-7,9-10,13-15,19,22,28,30H,8,11-12,16-18,20H2,1H3;3H,1-2H3;1H2/t22?,26?,28-,30+;22?,28-,30+;;/m11../s1. The molecular weight excluding hydrogens is 923 g/mol. The summed E-state index contributed by atoms with van der Waals surface area (Å²) in [5.74, 6) is 5.11. The summed E-state index contributed by atoms with van der Waals surface area (Å²) in [7, 11) is 1.08. The van der Waals surface area contributed by atoms with Gasteiger partial charge < -0.3 is 14.6 Å². The summed E-state index contributed by atoms with van der Waals surface area (Å²) in [5, 5.41) is 9.91. The number of rotatable bonds is 12. The van der Waals surface area contributed by atoms with Crippen molar-refractivity contribution in [2.45, 2.75) is 121 Å². The lowest BCUT2D eigenvalue weighted by molar-refractivity contribution is -0.117. The zero-order valence-electron chi connectivity index (χ0n) is 41.9. The van der Waals surface area contributed by atoms with Crippen LogP contribution in [0.1, 0.15) is 144 Å². The van der Waals surface area contributed by atoms with Gasteiger partial charge in [-0.25, -0.2) is 0 Å². The first-order chi connectivity index (χ1) is 34.2. The Balaban J connectivity index is 0.000000186. The van der Waals surface area contributed by atoms with Crippen LogP contribution in [0.5, 0.6) is 11.5 Å². The molecule has 3 unspecified atom stereocenters. The first-order valence-electron chi connectivity index (χ1n) is 25.8. The summed E-state index contributed by atoms with van der Waals surface area (Å²) in [6.07, 6.45) is 12.1. The second-order valence-electron chi connectivity index (χ2n) is 20.0. The lowest BCUT2D eigenvalue weighted by Gasteiger charge is -2.35. The monoisotopic (exact) mass is 996 g/mol. The minimum Gasteiger partial charge on any atom is -0.494 e. The maximum Gasteiger partial charge on any atom is 0.133 e. The normalized spacial score (nSPS) is 22.2. The third kappa shape index (κ3) is 14.8. The van der Waals surface area contributed by atoms with Crippen LogP contribution in [-0.4, -0.2) is 48.9 Å². The molecule has 2 fully saturated rings. The van der Waals surface area contributed by atoms with Crippen LogP contribution < -0.4 is 9.47 Å². The van der Waals surface area contributed by atoms with Gasteiger partial charge in [0, 0.05) is 24.7 Å². The topological polar surface area (TPSA) is 55.8 Å². The highest BCUT2D eigenvalue weighted by Crippen LogP contribution is 2.48. The average molecular weight is 998 g/mol. The third-order valence-electron chi connectivity index (χ3n) is 14.9. The fourth-order valence-corrected chi connectivity index (χ4v) is 11.5. The summed E-state index contributed by atoms with van der Waals surface area (Å²) in [5.41, 5.74) is 14.2. The molecule has 6 aromatic rings. The second-order valence-corrected chi connectivity index (χ2v) is 21.8. The maximum atomic E-state index is 11.5. The van der Waals surface area contributed by atoms with Crippen LogP contribution in [0.3, 0.4) is 0 Å². The maximum absolute atomic E-state index is 11.5. The van der Waals surface area contributed by atoms with Crippen molar-refractivity contribution in [2.75, 3.05) is 31.9 Å². The lowest BCUT2D eigenvalue weighted by atomic mass is 9.69. The number of carbonyl (C=O) groups excluding carboxylic acids is 1. The highest BCUT2D eigenvalue weighted by molar-refractivity contribution is 7.35. The van der Waals surface area contributed by atoms with Gasteiger partial charge in [0.1, 0.15) is 17.3 Å². The van der Waals surface area contributed by atoms with Gasteiger partial charge >= 0.3 is 0 Å². The SMILES string of the molecule is CPC.Cc1ccc2c(c1)CC[C@H](c1ccccc1)[C@@H]2c1ccc(OCCC2CCC(=O)C2)cc1.Cc1ccc2c(c1)CC[C@H](c1ccccc1)[C@@H]2c1ccc(OCCC2CCC(O)C2)cc1.ClCCl. The highest BCUT2D eigenvalue weighted by Gasteiger charge is 2.33. The molecule has 0 aromatic heterocycles. The van der Waals surface area contributed by atoms with Crippen molar-refractivity contribution in [3.8, 4) is 11.5 Å². The molecule has 2 saturated carbocycles. The number of Topliss-reactive ketones (excluding diaryl/α,β-unsaturated/α-hetero) is 1. The quantitative estimate of drug-likeness (QED) is 0.0980. The van der Waals surface area contributed by atoms with Gasteiger partial charge in [-0.1, -0.05) is 132 Å². The van der Waals surface area contributed by atoms with Crippen molar-refractivity contribution in [3.05, 3.63) is 201 Å². The lowest BCUT2D eigenvalue weighted by Crippen LogP contribution is -2.20. The van der Waals surface area contributed by atoms with Gasteiger partial charge in [-0.15, -0.1) is 31.8 Å². The van der Waals surface area contributed by atoms with Crippen molar-refractivity contribution in [3.63, 3.8) is 0 Å². The Kier molecular flexibility index (Phi) is 20.9. The van der Waals surface area contributed by atoms with Crippen molar-refractivity contribution in [1.82, 2.24) is 0 Å². The fraction of sp³-hybridized carbons (Fsp3) is 0.413. The number of carbonyl (C=O) groups is 1. The van der Waals surface area contributed by atoms with Gasteiger partial charge in [-0.3, -0.25) is 4.79 Å². The van der Waals surface area contributed by atoms with Crippen LogP contribution in [-0.2, 0) is 17.6 Å². The molecule has 7 atom stereocenters. The number of ether oxygens (including phenoxy) is 2. The summed E-state index contributed by atoms with van der Waals surface area (Å²) < 4.78 is 12.1. The number of aliphatic hydroxyl groups is 1. The predicted molar refractivity (Wildman–Crippen MR) is 297 cm³/mol. The van der Waals surface area contributed by atoms with Crippen LogP contribution in [0.2, 0.25) is 0 Å². The number of benzene rings is 6. The molecule has 0 amide bonds. The van der Waals surface area contributed by atoms with E-state index in [-0.39, 0.29) is 11.4 Å². The molecule has 0 aliphatic heterocycles. The number of aryl methyl sites for hydroxylation is 4. The molecule has 0 bridgehead atoms. The summed E-state index contributed by atoms with van der Waals surface area (Å²) in [6.45, 7) is 10.1. The molecule has 370 valence electrons. The van der Waals surface area contributed by atoms with E-state index in [0.29, 0.717) is 47.9 Å². The molecule has 10 rings (SSSR count). The van der Waals surface area contributed by atoms with E-state index < -0.39 is 0 Å². The number of aliphatic hydroxyl groups excluding tert-OH is 1. The number of hydrogen-bond acceptors (Lipinski definition) is 4. The molecule has 0 spiro atoms. The van der Waals surface area contributed by atoms with E-state index in [0.717, 1.165) is 90.9 Å². The van der Waals surface area contributed by atoms with Crippen molar-refractivity contribution >= 4 is 37.6 Å². The molecule has 1 N–H and O–H groups in total. The van der Waals surface area contributed by atoms with Gasteiger partial charge in [0.25, 0.3) is 0 Å². The van der Waals surface area contributed by atoms with E-state index >= 15 is 0 Å². The van der Waals surface area contributed by atoms with Crippen LogP contribution in [0.25, 0.3) is 0 Å². The van der Waals surface area contributed by atoms with Crippen LogP contribution in [0.15, 0.2) is 146 Å². The Morgan fingerprint density at radius 1 is 0.543 bits per heavy atom. The number of hydrogen-bond donors (Lipinski definition) is 1. The molecule has 70 heavy (non-hydrogen) atoms. The van der Waals surface area contributed by atoms with Crippen molar-refractivity contribution in [2.24, 2.45) is 11.8 Å². The van der Waals surface area contributed by atoms with Gasteiger partial charge in [0.05, 0.1) is 24.7 Å². The van der Waals surface area contributed by atoms with E-state index in [2.05, 4.69) is 173 Å². The van der Waals surface area contributed by atoms with E-state index in [4.69, 9.17) is 32.7 Å². The van der Waals surface area contributed by atoms with Gasteiger partial charge in [0.15, 0.2) is 0 Å². The molecule has 7 heteroatoms. The van der Waals surface area contributed by atoms with Crippen molar-refractivity contribution < 1.29 is 19.4 Å². The number of fused-ring (bicyclic) bond motifs is 2. The molecule has 0 radical (unpaired) electrons. The Morgan fingerprint density at radius 2 is 0.986 bits per heavy atom. The van der Waals surface area contributed by atoms with E-state index in [1.807, 2.05) is 0 Å². The summed E-state index contributed by atoms with van der Waals surface area (Å²) in [4.78, 5) is 11.5. The first kappa shape index (κ1) is 53.4. The minimum atomic E-state index is -0.0981. The largest absolute Gasteiger partial charge is 0.494 e. The van der Waals surface area contributed by atoms with Gasteiger partial charge in [0.2, 0.25) is 0 Å². The molecular formula is C63H75Cl2O4P. The van der Waals surface area contributed by atoms with E-state index in [9.17, 15) is 9.90 Å². The number of halogens is 2. The summed E-state index contributed by atoms with van der Waals surface area (Å²) in [6, 6.07) is 53.5. The van der Waals surface area contributed by atoms with Crippen LogP contribution >= 0.6 is 31.8 Å². The van der Waals surface area contributed by atoms with Gasteiger partial charge in [-0.05, 0) is 184 Å². The fourth-order valence-electron chi connectivity index (χ4n) is 11.5. The predicted octanol–water partition coefficient (Wildman–Crippen LogP) is 16.1. The van der Waals surface area contributed by atoms with Crippen molar-refractivity contribution in [1.29, 1.82) is 0 Å². The first-order valence-corrected chi connectivity index (χ1v) is 28.9. The smallest absolute Gasteiger partial charge is 0.133 e. The highest BCUT2D eigenvalue weighted by atomic mass is 35.5. The molecule has 0 heterocycles. The molecule has 4 aliphatic carbocycles. The molecule has 4 aliphatic rings. The number of alkyl halides is 2. The zero-order chi connectivity index (χ0) is 49.2. The molecule has 6 aromatic carbocycles. The number of ketones is 1. The second kappa shape index (κ2) is 27.4. The third-order valence-corrected chi connectivity index (χ3v) is 14.9.